The van der Waals surface area contributed by atoms with Gasteiger partial charge in [-0.1, -0.05) is 65.9 Å². The van der Waals surface area contributed by atoms with Crippen molar-refractivity contribution in [2.24, 2.45) is 0 Å². The topological polar surface area (TPSA) is 90.9 Å². The van der Waals surface area contributed by atoms with Gasteiger partial charge in [-0.25, -0.2) is 0 Å². The number of anilines is 1. The van der Waals surface area contributed by atoms with Crippen LogP contribution in [0.15, 0.2) is 82.4 Å². The molecule has 6 rings (SSSR count). The molecular weight excluding hydrogens is 508 g/mol. The highest BCUT2D eigenvalue weighted by atomic mass is 32.2. The summed E-state index contributed by atoms with van der Waals surface area (Å²) >= 11 is -0.253. The number of carbonyl (C=O) groups is 2. The summed E-state index contributed by atoms with van der Waals surface area (Å²) < 4.78 is 27.4. The van der Waals surface area contributed by atoms with E-state index in [1.807, 2.05) is 47.8 Å². The van der Waals surface area contributed by atoms with E-state index in [9.17, 15) is 14.1 Å². The Balaban J connectivity index is 1.28. The molecule has 1 saturated heterocycles. The van der Waals surface area contributed by atoms with Gasteiger partial charge in [0.15, 0.2) is 0 Å². The van der Waals surface area contributed by atoms with Crippen LogP contribution in [-0.2, 0) is 49.2 Å². The number of rotatable bonds is 7. The molecule has 2 amide bonds. The minimum absolute atomic E-state index is 0.125. The summed E-state index contributed by atoms with van der Waals surface area (Å²) in [6.07, 6.45) is 0.495. The lowest BCUT2D eigenvalue weighted by molar-refractivity contribution is -0.180. The van der Waals surface area contributed by atoms with Gasteiger partial charge in [0.25, 0.3) is 17.6 Å². The van der Waals surface area contributed by atoms with Gasteiger partial charge in [0.1, 0.15) is 11.4 Å². The molecule has 1 atom stereocenters. The lowest BCUT2D eigenvalue weighted by atomic mass is 10.00. The van der Waals surface area contributed by atoms with Crippen molar-refractivity contribution in [3.63, 3.8) is 0 Å². The molecule has 2 aliphatic rings. The number of aryl methyl sites for hydroxylation is 1. The number of nitrogens with one attached hydrogen (secondary N) is 1. The fraction of sp³-hybridized carbons (Fsp3) is 0.214. The highest BCUT2D eigenvalue weighted by Crippen LogP contribution is 2.48. The molecule has 0 aliphatic carbocycles. The first-order valence-electron chi connectivity index (χ1n) is 12.0. The molecule has 3 heterocycles. The number of nitrogens with zero attached hydrogens (tertiary/aromatic N) is 1. The lowest BCUT2D eigenvalue weighted by Gasteiger charge is -2.22. The molecule has 0 radical (unpaired) electrons. The van der Waals surface area contributed by atoms with Gasteiger partial charge >= 0.3 is 0 Å². The normalized spacial score (nSPS) is 16.9. The van der Waals surface area contributed by atoms with Crippen LogP contribution in [0, 0.1) is 0 Å². The molecule has 4 aromatic rings. The average molecular weight is 533 g/mol. The van der Waals surface area contributed by atoms with Crippen LogP contribution in [0.4, 0.5) is 5.69 Å². The highest BCUT2D eigenvalue weighted by molar-refractivity contribution is 7.92. The number of ether oxygens (including phenoxy) is 2. The van der Waals surface area contributed by atoms with Crippen molar-refractivity contribution in [1.82, 2.24) is 4.72 Å². The standard InChI is InChI=1S/C28H24N2O5S2/c31-24(29-37(33)25-9-4-16-36-25)13-12-21-7-3-8-23-26(21)30(27(32)28(23)34-14-15-35-28)18-19-10-11-20-5-1-2-6-22(20)17-19/h1-11,16-17H,12-15,18H2,(H,29,31). The zero-order chi connectivity index (χ0) is 25.4. The van der Waals surface area contributed by atoms with Gasteiger partial charge in [0, 0.05) is 18.1 Å². The zero-order valence-electron chi connectivity index (χ0n) is 19.8. The smallest absolute Gasteiger partial charge is 0.292 e. The van der Waals surface area contributed by atoms with E-state index in [0.29, 0.717) is 36.0 Å². The average Bonchev–Trinajstić information content (AvgIpc) is 3.67. The van der Waals surface area contributed by atoms with Crippen LogP contribution in [0.25, 0.3) is 10.8 Å². The van der Waals surface area contributed by atoms with Crippen LogP contribution < -0.4 is 9.62 Å². The first kappa shape index (κ1) is 24.1. The molecule has 1 aromatic heterocycles. The Morgan fingerprint density at radius 3 is 2.62 bits per heavy atom. The highest BCUT2D eigenvalue weighted by Gasteiger charge is 2.56. The van der Waals surface area contributed by atoms with E-state index in [0.717, 1.165) is 27.6 Å². The number of hydrogen-bond donors (Lipinski definition) is 1. The largest absolute Gasteiger partial charge is 0.587 e. The molecule has 0 bridgehead atoms. The molecule has 1 spiro atoms. The third-order valence-electron chi connectivity index (χ3n) is 6.63. The van der Waals surface area contributed by atoms with E-state index in [4.69, 9.17) is 9.47 Å². The molecule has 1 fully saturated rings. The fourth-order valence-corrected chi connectivity index (χ4v) is 6.66. The number of para-hydroxylation sites is 1. The quantitative estimate of drug-likeness (QED) is 0.356. The van der Waals surface area contributed by atoms with Gasteiger partial charge in [-0.2, -0.15) is 4.72 Å². The zero-order valence-corrected chi connectivity index (χ0v) is 21.5. The minimum Gasteiger partial charge on any atom is -0.587 e. The van der Waals surface area contributed by atoms with Gasteiger partial charge in [-0.15, -0.1) is 0 Å². The van der Waals surface area contributed by atoms with Crippen molar-refractivity contribution in [2.75, 3.05) is 18.1 Å². The summed E-state index contributed by atoms with van der Waals surface area (Å²) in [5.74, 6) is -2.04. The second-order valence-corrected chi connectivity index (χ2v) is 11.3. The molecule has 9 heteroatoms. The third-order valence-corrected chi connectivity index (χ3v) is 8.94. The molecule has 7 nitrogen and oxygen atoms in total. The molecule has 188 valence electrons. The monoisotopic (exact) mass is 532 g/mol. The molecule has 0 saturated carbocycles. The lowest BCUT2D eigenvalue weighted by Crippen LogP contribution is -2.41. The predicted octanol–water partition coefficient (Wildman–Crippen LogP) is 4.42. The summed E-state index contributed by atoms with van der Waals surface area (Å²) in [5, 5.41) is 4.04. The van der Waals surface area contributed by atoms with Crippen molar-refractivity contribution in [3.8, 4) is 0 Å². The van der Waals surface area contributed by atoms with E-state index in [1.54, 1.807) is 17.0 Å². The van der Waals surface area contributed by atoms with Gasteiger partial charge in [0.2, 0.25) is 4.21 Å². The van der Waals surface area contributed by atoms with Crippen LogP contribution in [0.1, 0.15) is 23.1 Å². The van der Waals surface area contributed by atoms with Crippen molar-refractivity contribution < 1.29 is 23.6 Å². The fourth-order valence-electron chi connectivity index (χ4n) is 4.96. The Hall–Kier alpha value is -3.21. The molecule has 1 unspecified atom stereocenters. The van der Waals surface area contributed by atoms with Crippen LogP contribution >= 0.6 is 11.3 Å². The summed E-state index contributed by atoms with van der Waals surface area (Å²) in [5.41, 5.74) is 3.19. The van der Waals surface area contributed by atoms with Crippen molar-refractivity contribution in [3.05, 3.63) is 94.9 Å². The first-order valence-corrected chi connectivity index (χ1v) is 14.0. The third kappa shape index (κ3) is 4.43. The Morgan fingerprint density at radius 1 is 1.03 bits per heavy atom. The number of amides is 2. The number of benzene rings is 3. The Morgan fingerprint density at radius 2 is 1.84 bits per heavy atom. The number of hydrogen-bond acceptors (Lipinski definition) is 6. The minimum atomic E-state index is -1.58. The van der Waals surface area contributed by atoms with Gasteiger partial charge in [-0.3, -0.25) is 9.59 Å². The van der Waals surface area contributed by atoms with E-state index in [2.05, 4.69) is 22.9 Å². The van der Waals surface area contributed by atoms with E-state index < -0.39 is 17.1 Å². The summed E-state index contributed by atoms with van der Waals surface area (Å²) in [6.45, 7) is 1.00. The van der Waals surface area contributed by atoms with Crippen LogP contribution in [0.2, 0.25) is 0 Å². The number of thiophene rings is 1. The molecule has 3 aromatic carbocycles. The molecule has 2 aliphatic heterocycles. The van der Waals surface area contributed by atoms with Crippen molar-refractivity contribution in [2.45, 2.75) is 29.4 Å². The van der Waals surface area contributed by atoms with Crippen LogP contribution in [-0.4, -0.2) is 29.6 Å². The van der Waals surface area contributed by atoms with Crippen molar-refractivity contribution in [1.29, 1.82) is 0 Å². The number of fused-ring (bicyclic) bond motifs is 3. The SMILES string of the molecule is O=C(CCc1cccc2c1N(Cc1ccc3ccccc3c1)C(=O)C21OCCO1)N[S+]([O-])c1cccs1. The molecular formula is C28H24N2O5S2. The van der Waals surface area contributed by atoms with Crippen LogP contribution in [0.3, 0.4) is 0 Å². The summed E-state index contributed by atoms with van der Waals surface area (Å²) in [7, 11) is 0. The second kappa shape index (κ2) is 9.92. The van der Waals surface area contributed by atoms with E-state index >= 15 is 0 Å². The van der Waals surface area contributed by atoms with Gasteiger partial charge in [-0.05, 0) is 45.8 Å². The number of carbonyl (C=O) groups excluding carboxylic acids is 2. The molecule has 37 heavy (non-hydrogen) atoms. The predicted molar refractivity (Wildman–Crippen MR) is 142 cm³/mol. The van der Waals surface area contributed by atoms with Crippen LogP contribution in [0.5, 0.6) is 0 Å². The maximum absolute atomic E-state index is 13.8. The first-order chi connectivity index (χ1) is 18.0. The summed E-state index contributed by atoms with van der Waals surface area (Å²) in [4.78, 5) is 28.1. The Bertz CT molecular complexity index is 1470. The Labute approximate surface area is 221 Å². The molecule has 1 N–H and O–H groups in total. The van der Waals surface area contributed by atoms with Gasteiger partial charge in [0.05, 0.1) is 25.4 Å². The second-order valence-electron chi connectivity index (χ2n) is 8.93. The summed E-state index contributed by atoms with van der Waals surface area (Å²) in [6, 6.07) is 23.4. The maximum Gasteiger partial charge on any atom is 0.292 e. The maximum atomic E-state index is 13.8. The Kier molecular flexibility index (Phi) is 6.48. The van der Waals surface area contributed by atoms with E-state index in [-0.39, 0.29) is 18.2 Å². The van der Waals surface area contributed by atoms with E-state index in [1.165, 1.54) is 11.3 Å². The van der Waals surface area contributed by atoms with Gasteiger partial charge < -0.3 is 18.9 Å². The van der Waals surface area contributed by atoms with Crippen molar-refractivity contribution >= 4 is 51.0 Å².